The van der Waals surface area contributed by atoms with E-state index in [-0.39, 0.29) is 12.5 Å². The number of aromatic nitrogens is 1. The summed E-state index contributed by atoms with van der Waals surface area (Å²) in [5, 5.41) is 4.58. The molecule has 0 atom stereocenters. The minimum Gasteiger partial charge on any atom is -0.368 e. The topological polar surface area (TPSA) is 60.1 Å². The first-order valence-electron chi connectivity index (χ1n) is 6.16. The maximum absolute atomic E-state index is 11.0. The number of fused-ring (bicyclic) bond motifs is 1. The Morgan fingerprint density at radius 2 is 2.17 bits per heavy atom. The number of carbonyl (C=O) groups excluding carboxylic acids is 1. The number of nitrogens with two attached hydrogens (primary N) is 1. The van der Waals surface area contributed by atoms with Crippen molar-refractivity contribution >= 4 is 16.8 Å². The molecule has 4 nitrogen and oxygen atoms in total. The molecule has 1 amide bonds. The minimum absolute atomic E-state index is 0.227. The lowest BCUT2D eigenvalue weighted by molar-refractivity contribution is -0.118. The molecule has 0 aliphatic heterocycles. The normalized spacial score (nSPS) is 11.3. The van der Waals surface area contributed by atoms with Crippen molar-refractivity contribution in [3.63, 3.8) is 0 Å². The molecule has 1 aromatic heterocycles. The first-order chi connectivity index (χ1) is 8.58. The van der Waals surface area contributed by atoms with Crippen LogP contribution in [0.15, 0.2) is 30.5 Å². The van der Waals surface area contributed by atoms with E-state index >= 15 is 0 Å². The van der Waals surface area contributed by atoms with Crippen LogP contribution in [0, 0.1) is 0 Å². The third-order valence-corrected chi connectivity index (χ3v) is 2.93. The van der Waals surface area contributed by atoms with Crippen LogP contribution in [-0.4, -0.2) is 16.5 Å². The van der Waals surface area contributed by atoms with Gasteiger partial charge in [-0.2, -0.15) is 0 Å². The molecule has 0 radical (unpaired) electrons. The highest BCUT2D eigenvalue weighted by atomic mass is 16.1. The molecule has 0 spiro atoms. The molecule has 2 rings (SSSR count). The van der Waals surface area contributed by atoms with E-state index in [0.29, 0.717) is 6.04 Å². The third-order valence-electron chi connectivity index (χ3n) is 2.93. The van der Waals surface area contributed by atoms with Gasteiger partial charge in [-0.1, -0.05) is 26.0 Å². The van der Waals surface area contributed by atoms with Crippen molar-refractivity contribution < 1.29 is 4.79 Å². The van der Waals surface area contributed by atoms with E-state index in [9.17, 15) is 4.79 Å². The second-order valence-electron chi connectivity index (χ2n) is 4.80. The minimum atomic E-state index is -0.321. The highest BCUT2D eigenvalue weighted by molar-refractivity contribution is 5.85. The van der Waals surface area contributed by atoms with Gasteiger partial charge in [0.25, 0.3) is 0 Å². The van der Waals surface area contributed by atoms with Gasteiger partial charge in [0.2, 0.25) is 5.91 Å². The second kappa shape index (κ2) is 5.23. The summed E-state index contributed by atoms with van der Waals surface area (Å²) in [4.78, 5) is 11.0. The summed E-state index contributed by atoms with van der Waals surface area (Å²) in [5.41, 5.74) is 7.53. The Balaban J connectivity index is 2.33. The molecule has 0 fully saturated rings. The molecule has 0 unspecified atom stereocenters. The van der Waals surface area contributed by atoms with Crippen molar-refractivity contribution in [1.82, 2.24) is 9.88 Å². The summed E-state index contributed by atoms with van der Waals surface area (Å²) in [6, 6.07) is 8.61. The zero-order valence-electron chi connectivity index (χ0n) is 10.8. The first-order valence-corrected chi connectivity index (χ1v) is 6.16. The number of nitrogens with zero attached hydrogens (tertiary/aromatic N) is 1. The number of benzene rings is 1. The Hall–Kier alpha value is -1.81. The monoisotopic (exact) mass is 245 g/mol. The molecule has 2 aromatic rings. The Morgan fingerprint density at radius 3 is 2.83 bits per heavy atom. The van der Waals surface area contributed by atoms with Crippen molar-refractivity contribution in [2.75, 3.05) is 0 Å². The number of hydrogen-bond donors (Lipinski definition) is 2. The van der Waals surface area contributed by atoms with Gasteiger partial charge in [0.05, 0.1) is 0 Å². The summed E-state index contributed by atoms with van der Waals surface area (Å²) < 4.78 is 1.89. The van der Waals surface area contributed by atoms with Crippen LogP contribution < -0.4 is 11.1 Å². The lowest BCUT2D eigenvalue weighted by Gasteiger charge is -2.09. The van der Waals surface area contributed by atoms with Crippen LogP contribution in [0.1, 0.15) is 19.4 Å². The lowest BCUT2D eigenvalue weighted by Crippen LogP contribution is -2.21. The predicted octanol–water partition coefficient (Wildman–Crippen LogP) is 1.62. The van der Waals surface area contributed by atoms with Gasteiger partial charge < -0.3 is 15.6 Å². The van der Waals surface area contributed by atoms with Gasteiger partial charge in [-0.25, -0.2) is 0 Å². The Labute approximate surface area is 107 Å². The lowest BCUT2D eigenvalue weighted by atomic mass is 10.1. The summed E-state index contributed by atoms with van der Waals surface area (Å²) in [5.74, 6) is -0.321. The van der Waals surface area contributed by atoms with Crippen LogP contribution in [0.25, 0.3) is 10.9 Å². The standard InChI is InChI=1S/C14H19N3O/c1-10(2)16-8-11-4-3-5-13-12(11)6-7-17(13)9-14(15)18/h3-7,10,16H,8-9H2,1-2H3,(H2,15,18). The van der Waals surface area contributed by atoms with Crippen LogP contribution in [0.3, 0.4) is 0 Å². The number of nitrogens with one attached hydrogen (secondary N) is 1. The van der Waals surface area contributed by atoms with E-state index in [0.717, 1.165) is 12.1 Å². The van der Waals surface area contributed by atoms with E-state index in [1.54, 1.807) is 0 Å². The molecule has 0 saturated heterocycles. The summed E-state index contributed by atoms with van der Waals surface area (Å²) in [6.07, 6.45) is 1.91. The quantitative estimate of drug-likeness (QED) is 0.841. The highest BCUT2D eigenvalue weighted by Crippen LogP contribution is 2.20. The number of primary amides is 1. The first kappa shape index (κ1) is 12.6. The van der Waals surface area contributed by atoms with Gasteiger partial charge >= 0.3 is 0 Å². The Kier molecular flexibility index (Phi) is 3.67. The SMILES string of the molecule is CC(C)NCc1cccc2c1ccn2CC(N)=O. The van der Waals surface area contributed by atoms with Crippen LogP contribution in [0.4, 0.5) is 0 Å². The molecule has 0 aliphatic rings. The third kappa shape index (κ3) is 2.71. The Morgan fingerprint density at radius 1 is 1.39 bits per heavy atom. The molecule has 1 heterocycles. The van der Waals surface area contributed by atoms with Crippen LogP contribution in [-0.2, 0) is 17.9 Å². The van der Waals surface area contributed by atoms with Gasteiger partial charge in [0.15, 0.2) is 0 Å². The smallest absolute Gasteiger partial charge is 0.237 e. The van der Waals surface area contributed by atoms with Crippen molar-refractivity contribution in [3.8, 4) is 0 Å². The Bertz CT molecular complexity index is 557. The summed E-state index contributed by atoms with van der Waals surface area (Å²) >= 11 is 0. The molecule has 1 aromatic carbocycles. The van der Waals surface area contributed by atoms with E-state index < -0.39 is 0 Å². The van der Waals surface area contributed by atoms with Gasteiger partial charge in [-0.3, -0.25) is 4.79 Å². The molecule has 4 heteroatoms. The second-order valence-corrected chi connectivity index (χ2v) is 4.80. The summed E-state index contributed by atoms with van der Waals surface area (Å²) in [7, 11) is 0. The average molecular weight is 245 g/mol. The summed E-state index contributed by atoms with van der Waals surface area (Å²) in [6.45, 7) is 5.30. The molecule has 3 N–H and O–H groups in total. The van der Waals surface area contributed by atoms with Crippen LogP contribution >= 0.6 is 0 Å². The van der Waals surface area contributed by atoms with E-state index in [1.807, 2.05) is 29.0 Å². The average Bonchev–Trinajstić information content (AvgIpc) is 2.69. The predicted molar refractivity (Wildman–Crippen MR) is 73.1 cm³/mol. The molecular formula is C14H19N3O. The van der Waals surface area contributed by atoms with Crippen LogP contribution in [0.2, 0.25) is 0 Å². The highest BCUT2D eigenvalue weighted by Gasteiger charge is 2.07. The maximum Gasteiger partial charge on any atom is 0.237 e. The fourth-order valence-corrected chi connectivity index (χ4v) is 2.06. The van der Waals surface area contributed by atoms with Crippen LogP contribution in [0.5, 0.6) is 0 Å². The van der Waals surface area contributed by atoms with Gasteiger partial charge in [0.1, 0.15) is 6.54 Å². The van der Waals surface area contributed by atoms with Crippen molar-refractivity contribution in [2.24, 2.45) is 5.73 Å². The number of rotatable bonds is 5. The molecule has 96 valence electrons. The molecule has 18 heavy (non-hydrogen) atoms. The molecule has 0 bridgehead atoms. The molecular weight excluding hydrogens is 226 g/mol. The number of amides is 1. The fraction of sp³-hybridized carbons (Fsp3) is 0.357. The molecule has 0 saturated carbocycles. The maximum atomic E-state index is 11.0. The zero-order valence-corrected chi connectivity index (χ0v) is 10.8. The van der Waals surface area contributed by atoms with E-state index in [4.69, 9.17) is 5.73 Å². The van der Waals surface area contributed by atoms with E-state index in [2.05, 4.69) is 25.2 Å². The van der Waals surface area contributed by atoms with Crippen molar-refractivity contribution in [3.05, 3.63) is 36.0 Å². The fourth-order valence-electron chi connectivity index (χ4n) is 2.06. The van der Waals surface area contributed by atoms with Crippen molar-refractivity contribution in [1.29, 1.82) is 0 Å². The van der Waals surface area contributed by atoms with Gasteiger partial charge in [0, 0.05) is 29.7 Å². The van der Waals surface area contributed by atoms with Crippen molar-refractivity contribution in [2.45, 2.75) is 33.0 Å². The molecule has 0 aliphatic carbocycles. The van der Waals surface area contributed by atoms with Gasteiger partial charge in [-0.15, -0.1) is 0 Å². The van der Waals surface area contributed by atoms with E-state index in [1.165, 1.54) is 10.9 Å². The largest absolute Gasteiger partial charge is 0.368 e. The van der Waals surface area contributed by atoms with Gasteiger partial charge in [-0.05, 0) is 17.7 Å². The zero-order chi connectivity index (χ0) is 13.1. The number of carbonyl (C=O) groups is 1. The number of hydrogen-bond acceptors (Lipinski definition) is 2.